The van der Waals surface area contributed by atoms with Crippen molar-refractivity contribution in [3.05, 3.63) is 65.2 Å². The van der Waals surface area contributed by atoms with Gasteiger partial charge in [-0.1, -0.05) is 6.07 Å². The van der Waals surface area contributed by atoms with Crippen molar-refractivity contribution in [2.45, 2.75) is 32.0 Å². The molecule has 3 rings (SSSR count). The third-order valence-corrected chi connectivity index (χ3v) is 5.02. The molecule has 0 spiro atoms. The van der Waals surface area contributed by atoms with Gasteiger partial charge in [-0.25, -0.2) is 0 Å². The highest BCUT2D eigenvalue weighted by atomic mass is 19.4. The lowest BCUT2D eigenvalue weighted by molar-refractivity contribution is -0.137. The Balaban J connectivity index is 1.54. The van der Waals surface area contributed by atoms with Gasteiger partial charge >= 0.3 is 6.18 Å². The summed E-state index contributed by atoms with van der Waals surface area (Å²) in [7, 11) is 0. The molecular weight excluding hydrogens is 411 g/mol. The molecule has 0 saturated carbocycles. The summed E-state index contributed by atoms with van der Waals surface area (Å²) in [6.45, 7) is 2.15. The summed E-state index contributed by atoms with van der Waals surface area (Å²) in [5.41, 5.74) is 0.338. The quantitative estimate of drug-likeness (QED) is 0.772. The number of carbonyl (C=O) groups excluding carboxylic acids is 3. The Morgan fingerprint density at radius 3 is 2.19 bits per heavy atom. The third kappa shape index (κ3) is 5.84. The molecule has 0 unspecified atom stereocenters. The maximum Gasteiger partial charge on any atom is 0.416 e. The molecule has 2 aromatic carbocycles. The van der Waals surface area contributed by atoms with E-state index >= 15 is 0 Å². The first-order chi connectivity index (χ1) is 14.6. The fraction of sp³-hybridized carbons (Fsp3) is 0.318. The summed E-state index contributed by atoms with van der Waals surface area (Å²) in [4.78, 5) is 37.8. The molecule has 1 saturated heterocycles. The van der Waals surface area contributed by atoms with E-state index in [2.05, 4.69) is 10.6 Å². The molecule has 9 heteroatoms. The maximum atomic E-state index is 12.7. The fourth-order valence-corrected chi connectivity index (χ4v) is 3.42. The third-order valence-electron chi connectivity index (χ3n) is 5.02. The van der Waals surface area contributed by atoms with Gasteiger partial charge in [0.2, 0.25) is 5.91 Å². The van der Waals surface area contributed by atoms with E-state index in [-0.39, 0.29) is 29.3 Å². The Labute approximate surface area is 177 Å². The van der Waals surface area contributed by atoms with E-state index in [1.165, 1.54) is 19.1 Å². The van der Waals surface area contributed by atoms with Crippen LogP contribution in [0.25, 0.3) is 0 Å². The van der Waals surface area contributed by atoms with Crippen molar-refractivity contribution < 1.29 is 27.6 Å². The van der Waals surface area contributed by atoms with Crippen molar-refractivity contribution in [2.75, 3.05) is 18.4 Å². The summed E-state index contributed by atoms with van der Waals surface area (Å²) < 4.78 is 38.0. The number of rotatable bonds is 4. The molecule has 1 aliphatic rings. The van der Waals surface area contributed by atoms with Crippen LogP contribution in [0, 0.1) is 0 Å². The van der Waals surface area contributed by atoms with Crippen LogP contribution in [0.3, 0.4) is 0 Å². The molecule has 0 radical (unpaired) electrons. The van der Waals surface area contributed by atoms with Crippen LogP contribution in [0.15, 0.2) is 48.5 Å². The fourth-order valence-electron chi connectivity index (χ4n) is 3.42. The molecule has 2 N–H and O–H groups in total. The lowest BCUT2D eigenvalue weighted by atomic mass is 10.0. The number of hydrogen-bond acceptors (Lipinski definition) is 3. The van der Waals surface area contributed by atoms with Gasteiger partial charge in [0.15, 0.2) is 0 Å². The summed E-state index contributed by atoms with van der Waals surface area (Å²) in [5, 5.41) is 5.55. The number of amides is 3. The topological polar surface area (TPSA) is 78.5 Å². The maximum absolute atomic E-state index is 12.7. The highest BCUT2D eigenvalue weighted by molar-refractivity contribution is 5.97. The first-order valence-electron chi connectivity index (χ1n) is 9.78. The summed E-state index contributed by atoms with van der Waals surface area (Å²) in [5.74, 6) is -0.844. The summed E-state index contributed by atoms with van der Waals surface area (Å²) in [6, 6.07) is 10.6. The minimum absolute atomic E-state index is 0.131. The summed E-state index contributed by atoms with van der Waals surface area (Å²) in [6.07, 6.45) is -3.38. The number of alkyl halides is 3. The molecule has 2 aromatic rings. The number of nitrogens with one attached hydrogen (secondary N) is 2. The average molecular weight is 433 g/mol. The number of piperidine rings is 1. The average Bonchev–Trinajstić information content (AvgIpc) is 2.73. The van der Waals surface area contributed by atoms with Gasteiger partial charge in [-0.3, -0.25) is 14.4 Å². The molecular formula is C22H22F3N3O3. The standard InChI is InChI=1S/C22H22F3N3O3/c1-14(29)26-19-4-2-3-16(13-19)20(30)27-18-9-11-28(12-10-18)21(31)15-5-7-17(8-6-15)22(23,24)25/h2-8,13,18H,9-12H2,1H3,(H,26,29)(H,27,30). The molecule has 31 heavy (non-hydrogen) atoms. The van der Waals surface area contributed by atoms with Crippen LogP contribution in [-0.4, -0.2) is 41.8 Å². The highest BCUT2D eigenvalue weighted by Gasteiger charge is 2.31. The van der Waals surface area contributed by atoms with E-state index in [1.54, 1.807) is 29.2 Å². The zero-order valence-electron chi connectivity index (χ0n) is 16.8. The molecule has 3 amide bonds. The molecule has 6 nitrogen and oxygen atoms in total. The van der Waals surface area contributed by atoms with Crippen molar-refractivity contribution >= 4 is 23.4 Å². The van der Waals surface area contributed by atoms with Gasteiger partial charge in [-0.05, 0) is 55.3 Å². The van der Waals surface area contributed by atoms with Gasteiger partial charge in [0.1, 0.15) is 0 Å². The van der Waals surface area contributed by atoms with E-state index in [9.17, 15) is 27.6 Å². The van der Waals surface area contributed by atoms with Crippen LogP contribution < -0.4 is 10.6 Å². The first-order valence-corrected chi connectivity index (χ1v) is 9.78. The Morgan fingerprint density at radius 2 is 1.61 bits per heavy atom. The Bertz CT molecular complexity index is 966. The zero-order valence-corrected chi connectivity index (χ0v) is 16.8. The lowest BCUT2D eigenvalue weighted by Crippen LogP contribution is -2.46. The van der Waals surface area contributed by atoms with E-state index < -0.39 is 11.7 Å². The largest absolute Gasteiger partial charge is 0.416 e. The van der Waals surface area contributed by atoms with Crippen molar-refractivity contribution in [1.82, 2.24) is 10.2 Å². The van der Waals surface area contributed by atoms with Crippen molar-refractivity contribution in [1.29, 1.82) is 0 Å². The van der Waals surface area contributed by atoms with Gasteiger partial charge in [-0.2, -0.15) is 13.2 Å². The van der Waals surface area contributed by atoms with Gasteiger partial charge in [-0.15, -0.1) is 0 Å². The van der Waals surface area contributed by atoms with Crippen molar-refractivity contribution in [3.63, 3.8) is 0 Å². The molecule has 0 bridgehead atoms. The zero-order chi connectivity index (χ0) is 22.6. The van der Waals surface area contributed by atoms with Crippen LogP contribution in [-0.2, 0) is 11.0 Å². The molecule has 0 aromatic heterocycles. The molecule has 0 atom stereocenters. The predicted octanol–water partition coefficient (Wildman–Crippen LogP) is 3.70. The first kappa shape index (κ1) is 22.3. The minimum Gasteiger partial charge on any atom is -0.349 e. The Hall–Kier alpha value is -3.36. The van der Waals surface area contributed by atoms with Crippen LogP contribution in [0.5, 0.6) is 0 Å². The Morgan fingerprint density at radius 1 is 0.968 bits per heavy atom. The highest BCUT2D eigenvalue weighted by Crippen LogP contribution is 2.29. The van der Waals surface area contributed by atoms with Crippen LogP contribution in [0.1, 0.15) is 46.0 Å². The van der Waals surface area contributed by atoms with Gasteiger partial charge in [0.05, 0.1) is 5.56 Å². The second-order valence-corrected chi connectivity index (χ2v) is 7.38. The van der Waals surface area contributed by atoms with Crippen molar-refractivity contribution in [2.24, 2.45) is 0 Å². The number of nitrogens with zero attached hydrogens (tertiary/aromatic N) is 1. The SMILES string of the molecule is CC(=O)Nc1cccc(C(=O)NC2CCN(C(=O)c3ccc(C(F)(F)F)cc3)CC2)c1. The number of anilines is 1. The molecule has 1 fully saturated rings. The van der Waals surface area contributed by atoms with Crippen LogP contribution in [0.2, 0.25) is 0 Å². The molecule has 1 aliphatic heterocycles. The molecule has 0 aliphatic carbocycles. The number of hydrogen-bond donors (Lipinski definition) is 2. The number of carbonyl (C=O) groups is 3. The van der Waals surface area contributed by atoms with E-state index in [1.807, 2.05) is 0 Å². The van der Waals surface area contributed by atoms with E-state index in [0.717, 1.165) is 12.1 Å². The minimum atomic E-state index is -4.44. The Kier molecular flexibility index (Phi) is 6.62. The second kappa shape index (κ2) is 9.20. The van der Waals surface area contributed by atoms with E-state index in [0.29, 0.717) is 37.2 Å². The normalized spacial score (nSPS) is 14.8. The number of halogens is 3. The van der Waals surface area contributed by atoms with Crippen LogP contribution >= 0.6 is 0 Å². The van der Waals surface area contributed by atoms with Gasteiger partial charge in [0.25, 0.3) is 11.8 Å². The number of benzene rings is 2. The smallest absolute Gasteiger partial charge is 0.349 e. The lowest BCUT2D eigenvalue weighted by Gasteiger charge is -2.32. The van der Waals surface area contributed by atoms with E-state index in [4.69, 9.17) is 0 Å². The second-order valence-electron chi connectivity index (χ2n) is 7.38. The molecule has 1 heterocycles. The van der Waals surface area contributed by atoms with Crippen LogP contribution in [0.4, 0.5) is 18.9 Å². The predicted molar refractivity (Wildman–Crippen MR) is 109 cm³/mol. The monoisotopic (exact) mass is 433 g/mol. The van der Waals surface area contributed by atoms with Gasteiger partial charge in [0, 0.05) is 42.9 Å². The number of likely N-dealkylation sites (tertiary alicyclic amines) is 1. The van der Waals surface area contributed by atoms with Crippen molar-refractivity contribution in [3.8, 4) is 0 Å². The summed E-state index contributed by atoms with van der Waals surface area (Å²) >= 11 is 0. The van der Waals surface area contributed by atoms with Gasteiger partial charge < -0.3 is 15.5 Å². The molecule has 164 valence electrons.